The van der Waals surface area contributed by atoms with Gasteiger partial charge in [-0.1, -0.05) is 0 Å². The molecule has 18 heavy (non-hydrogen) atoms. The van der Waals surface area contributed by atoms with Crippen LogP contribution in [-0.4, -0.2) is 19.0 Å². The van der Waals surface area contributed by atoms with Gasteiger partial charge in [-0.25, -0.2) is 8.78 Å². The molecule has 0 spiro atoms. The molecule has 0 saturated carbocycles. The van der Waals surface area contributed by atoms with Crippen LogP contribution in [0.2, 0.25) is 0 Å². The minimum absolute atomic E-state index is 0. The average Bonchev–Trinajstić information content (AvgIpc) is 2.74. The Hall–Kier alpha value is -0.880. The maximum Gasteiger partial charge on any atom is 0.222 e. The zero-order valence-electron chi connectivity index (χ0n) is 9.33. The number of anilines is 1. The summed E-state index contributed by atoms with van der Waals surface area (Å²) in [6.45, 7) is 1.07. The van der Waals surface area contributed by atoms with Gasteiger partial charge in [-0.15, -0.1) is 12.4 Å². The minimum atomic E-state index is -0.906. The number of nitrogens with two attached hydrogens (primary N) is 1. The fourth-order valence-corrected chi connectivity index (χ4v) is 2.38. The summed E-state index contributed by atoms with van der Waals surface area (Å²) in [6.07, 6.45) is 0.645. The first-order chi connectivity index (χ1) is 7.99. The van der Waals surface area contributed by atoms with Crippen LogP contribution in [0.15, 0.2) is 16.6 Å². The summed E-state index contributed by atoms with van der Waals surface area (Å²) >= 11 is 2.95. The standard InChI is InChI=1S/C11H11BrF2N2O.ClH/c12-8-3-7(4-9(13)10(8)14)16-2-1-6(5-16)11(15)17;/h3-4,6H,1-2,5H2,(H2,15,17);1H. The molecular formula is C11H12BrClF2N2O. The highest BCUT2D eigenvalue weighted by Crippen LogP contribution is 2.29. The lowest BCUT2D eigenvalue weighted by atomic mass is 10.1. The third-order valence-electron chi connectivity index (χ3n) is 2.92. The summed E-state index contributed by atoms with van der Waals surface area (Å²) in [5.41, 5.74) is 5.77. The van der Waals surface area contributed by atoms with E-state index in [-0.39, 0.29) is 28.7 Å². The first kappa shape index (κ1) is 15.2. The van der Waals surface area contributed by atoms with E-state index in [9.17, 15) is 13.6 Å². The molecule has 2 rings (SSSR count). The van der Waals surface area contributed by atoms with E-state index in [2.05, 4.69) is 15.9 Å². The van der Waals surface area contributed by atoms with Gasteiger partial charge in [0.1, 0.15) is 0 Å². The summed E-state index contributed by atoms with van der Waals surface area (Å²) in [4.78, 5) is 12.8. The summed E-state index contributed by atoms with van der Waals surface area (Å²) in [7, 11) is 0. The molecule has 1 saturated heterocycles. The van der Waals surface area contributed by atoms with Crippen molar-refractivity contribution in [3.05, 3.63) is 28.2 Å². The molecule has 0 aliphatic carbocycles. The first-order valence-electron chi connectivity index (χ1n) is 5.18. The monoisotopic (exact) mass is 340 g/mol. The lowest BCUT2D eigenvalue weighted by Crippen LogP contribution is -2.27. The number of rotatable bonds is 2. The van der Waals surface area contributed by atoms with Crippen LogP contribution in [0.3, 0.4) is 0 Å². The van der Waals surface area contributed by atoms with E-state index < -0.39 is 11.6 Å². The van der Waals surface area contributed by atoms with Crippen molar-refractivity contribution in [2.45, 2.75) is 6.42 Å². The number of carbonyl (C=O) groups is 1. The molecule has 100 valence electrons. The summed E-state index contributed by atoms with van der Waals surface area (Å²) < 4.78 is 26.4. The Balaban J connectivity index is 0.00000162. The van der Waals surface area contributed by atoms with Gasteiger partial charge in [0.15, 0.2) is 11.6 Å². The molecule has 0 radical (unpaired) electrons. The zero-order chi connectivity index (χ0) is 12.6. The van der Waals surface area contributed by atoms with Crippen molar-refractivity contribution in [2.75, 3.05) is 18.0 Å². The van der Waals surface area contributed by atoms with Gasteiger partial charge in [0.25, 0.3) is 0 Å². The Morgan fingerprint density at radius 3 is 2.61 bits per heavy atom. The number of carbonyl (C=O) groups excluding carboxylic acids is 1. The van der Waals surface area contributed by atoms with E-state index in [0.717, 1.165) is 6.07 Å². The summed E-state index contributed by atoms with van der Waals surface area (Å²) in [6, 6.07) is 2.63. The number of amides is 1. The Kier molecular flexibility index (Phi) is 4.92. The van der Waals surface area contributed by atoms with Crippen LogP contribution in [0.1, 0.15) is 6.42 Å². The third-order valence-corrected chi connectivity index (χ3v) is 3.50. The van der Waals surface area contributed by atoms with Crippen molar-refractivity contribution in [2.24, 2.45) is 11.7 Å². The number of benzene rings is 1. The maximum absolute atomic E-state index is 13.2. The number of hydrogen-bond donors (Lipinski definition) is 1. The molecule has 1 atom stereocenters. The van der Waals surface area contributed by atoms with Crippen LogP contribution < -0.4 is 10.6 Å². The molecule has 1 fully saturated rings. The van der Waals surface area contributed by atoms with E-state index in [1.54, 1.807) is 0 Å². The third kappa shape index (κ3) is 2.92. The number of hydrogen-bond acceptors (Lipinski definition) is 2. The van der Waals surface area contributed by atoms with E-state index in [4.69, 9.17) is 5.73 Å². The van der Waals surface area contributed by atoms with Gasteiger partial charge in [-0.05, 0) is 28.4 Å². The van der Waals surface area contributed by atoms with Crippen LogP contribution >= 0.6 is 28.3 Å². The van der Waals surface area contributed by atoms with Crippen molar-refractivity contribution < 1.29 is 13.6 Å². The topological polar surface area (TPSA) is 46.3 Å². The van der Waals surface area contributed by atoms with Crippen LogP contribution in [0.5, 0.6) is 0 Å². The van der Waals surface area contributed by atoms with Crippen LogP contribution in [0.25, 0.3) is 0 Å². The fraction of sp³-hybridized carbons (Fsp3) is 0.364. The molecule has 7 heteroatoms. The van der Waals surface area contributed by atoms with Gasteiger partial charge in [-0.2, -0.15) is 0 Å². The summed E-state index contributed by atoms with van der Waals surface area (Å²) in [5.74, 6) is -2.38. The van der Waals surface area contributed by atoms with E-state index in [0.29, 0.717) is 25.2 Å². The van der Waals surface area contributed by atoms with Gasteiger partial charge in [-0.3, -0.25) is 4.79 Å². The predicted octanol–water partition coefficient (Wildman–Crippen LogP) is 2.46. The van der Waals surface area contributed by atoms with Crippen molar-refractivity contribution in [1.29, 1.82) is 0 Å². The number of halogens is 4. The maximum atomic E-state index is 13.2. The number of primary amides is 1. The second kappa shape index (κ2) is 5.84. The highest BCUT2D eigenvalue weighted by molar-refractivity contribution is 9.10. The highest BCUT2D eigenvalue weighted by atomic mass is 79.9. The van der Waals surface area contributed by atoms with E-state index in [1.165, 1.54) is 6.07 Å². The molecule has 1 heterocycles. The van der Waals surface area contributed by atoms with Gasteiger partial charge in [0.2, 0.25) is 5.91 Å². The van der Waals surface area contributed by atoms with Crippen molar-refractivity contribution in [3.8, 4) is 0 Å². The number of nitrogens with zero attached hydrogens (tertiary/aromatic N) is 1. The highest BCUT2D eigenvalue weighted by Gasteiger charge is 2.27. The fourth-order valence-electron chi connectivity index (χ4n) is 1.95. The molecule has 0 aromatic heterocycles. The molecule has 2 N–H and O–H groups in total. The first-order valence-corrected chi connectivity index (χ1v) is 5.97. The minimum Gasteiger partial charge on any atom is -0.371 e. The van der Waals surface area contributed by atoms with Crippen LogP contribution in [0, 0.1) is 17.6 Å². The Labute approximate surface area is 118 Å². The van der Waals surface area contributed by atoms with Gasteiger partial charge < -0.3 is 10.6 Å². The van der Waals surface area contributed by atoms with Gasteiger partial charge >= 0.3 is 0 Å². The van der Waals surface area contributed by atoms with Crippen LogP contribution in [0.4, 0.5) is 14.5 Å². The largest absolute Gasteiger partial charge is 0.371 e. The lowest BCUT2D eigenvalue weighted by molar-refractivity contribution is -0.121. The van der Waals surface area contributed by atoms with Crippen molar-refractivity contribution >= 4 is 39.9 Å². The SMILES string of the molecule is Cl.NC(=O)C1CCN(c2cc(F)c(F)c(Br)c2)C1. The van der Waals surface area contributed by atoms with Gasteiger partial charge in [0, 0.05) is 24.8 Å². The quantitative estimate of drug-likeness (QED) is 0.840. The smallest absolute Gasteiger partial charge is 0.222 e. The molecule has 3 nitrogen and oxygen atoms in total. The van der Waals surface area contributed by atoms with E-state index >= 15 is 0 Å². The lowest BCUT2D eigenvalue weighted by Gasteiger charge is -2.18. The Morgan fingerprint density at radius 1 is 1.44 bits per heavy atom. The zero-order valence-corrected chi connectivity index (χ0v) is 11.7. The molecule has 0 bridgehead atoms. The molecule has 1 aliphatic rings. The van der Waals surface area contributed by atoms with Crippen LogP contribution in [-0.2, 0) is 4.79 Å². The van der Waals surface area contributed by atoms with E-state index in [1.807, 2.05) is 4.90 Å². The van der Waals surface area contributed by atoms with Crippen molar-refractivity contribution in [3.63, 3.8) is 0 Å². The second-order valence-corrected chi connectivity index (χ2v) is 4.91. The Morgan fingerprint density at radius 2 is 2.11 bits per heavy atom. The second-order valence-electron chi connectivity index (χ2n) is 4.06. The molecule has 1 aromatic rings. The normalized spacial score (nSPS) is 18.6. The summed E-state index contributed by atoms with van der Waals surface area (Å²) in [5, 5.41) is 0. The molecule has 1 unspecified atom stereocenters. The van der Waals surface area contributed by atoms with Crippen molar-refractivity contribution in [1.82, 2.24) is 0 Å². The predicted molar refractivity (Wildman–Crippen MR) is 70.8 cm³/mol. The molecule has 1 aliphatic heterocycles. The molecule has 1 amide bonds. The molecule has 1 aromatic carbocycles. The molecular weight excluding hydrogens is 329 g/mol. The van der Waals surface area contributed by atoms with Gasteiger partial charge in [0.05, 0.1) is 10.4 Å². The Bertz CT molecular complexity index is 449. The average molecular weight is 342 g/mol.